The van der Waals surface area contributed by atoms with Gasteiger partial charge < -0.3 is 14.7 Å². The van der Waals surface area contributed by atoms with Crippen molar-refractivity contribution in [2.45, 2.75) is 36.8 Å². The van der Waals surface area contributed by atoms with Crippen molar-refractivity contribution < 1.29 is 23.1 Å². The molecule has 3 aliphatic rings. The van der Waals surface area contributed by atoms with Gasteiger partial charge in [-0.15, -0.1) is 0 Å². The molecule has 1 atom stereocenters. The largest absolute Gasteiger partial charge is 0.488 e. The summed E-state index contributed by atoms with van der Waals surface area (Å²) in [5.74, 6) is 0.0914. The van der Waals surface area contributed by atoms with E-state index in [1.54, 1.807) is 37.4 Å². The molecule has 7 nitrogen and oxygen atoms in total. The van der Waals surface area contributed by atoms with E-state index >= 15 is 0 Å². The van der Waals surface area contributed by atoms with Crippen LogP contribution >= 0.6 is 0 Å². The second kappa shape index (κ2) is 8.10. The molecular formula is C27H26N2O5S. The second-order valence-corrected chi connectivity index (χ2v) is 11.5. The fourth-order valence-corrected chi connectivity index (χ4v) is 6.68. The van der Waals surface area contributed by atoms with Crippen molar-refractivity contribution >= 4 is 27.4 Å². The summed E-state index contributed by atoms with van der Waals surface area (Å²) in [5, 5.41) is 9.51. The number of carboxylic acid groups (broad SMARTS) is 1. The fourth-order valence-electron chi connectivity index (χ4n) is 5.13. The van der Waals surface area contributed by atoms with E-state index in [4.69, 9.17) is 4.74 Å². The first kappa shape index (κ1) is 22.1. The van der Waals surface area contributed by atoms with Gasteiger partial charge in [-0.25, -0.2) is 13.2 Å². The Morgan fingerprint density at radius 2 is 1.83 bits per heavy atom. The van der Waals surface area contributed by atoms with Gasteiger partial charge in [-0.1, -0.05) is 37.1 Å². The van der Waals surface area contributed by atoms with Gasteiger partial charge in [0, 0.05) is 37.0 Å². The van der Waals surface area contributed by atoms with Crippen LogP contribution in [0.4, 0.5) is 11.4 Å². The number of hydrogen-bond donors (Lipinski definition) is 1. The summed E-state index contributed by atoms with van der Waals surface area (Å²) < 4.78 is 35.5. The molecule has 0 radical (unpaired) electrons. The van der Waals surface area contributed by atoms with Crippen LogP contribution in [0.1, 0.15) is 35.2 Å². The van der Waals surface area contributed by atoms with Gasteiger partial charge in [-0.3, -0.25) is 0 Å². The Morgan fingerprint density at radius 3 is 2.54 bits per heavy atom. The van der Waals surface area contributed by atoms with Crippen molar-refractivity contribution in [3.8, 4) is 16.9 Å². The van der Waals surface area contributed by atoms with Crippen molar-refractivity contribution in [1.82, 2.24) is 4.31 Å². The number of carbonyl (C=O) groups is 1. The second-order valence-electron chi connectivity index (χ2n) is 9.58. The molecule has 0 unspecified atom stereocenters. The lowest BCUT2D eigenvalue weighted by molar-refractivity contribution is 0.0697. The highest BCUT2D eigenvalue weighted by molar-refractivity contribution is 7.89. The van der Waals surface area contributed by atoms with E-state index in [9.17, 15) is 18.3 Å². The summed E-state index contributed by atoms with van der Waals surface area (Å²) in [6, 6.07) is 18.0. The minimum atomic E-state index is -3.81. The summed E-state index contributed by atoms with van der Waals surface area (Å²) in [7, 11) is -2.13. The number of ether oxygens (including phenoxy) is 1. The lowest BCUT2D eigenvalue weighted by Gasteiger charge is -2.30. The number of fused-ring (bicyclic) bond motifs is 4. The van der Waals surface area contributed by atoms with E-state index in [1.165, 1.54) is 4.31 Å². The Bertz CT molecular complexity index is 1430. The molecule has 2 heterocycles. The highest BCUT2D eigenvalue weighted by atomic mass is 32.2. The molecule has 0 amide bonds. The SMILES string of the molecule is CN1[C@H](CC2CC2)CN(c2ccccc2)c2cc3c(cc2S1(=O)=O)-c1cc(C(=O)O)ccc1CO3. The Hall–Kier alpha value is -3.36. The zero-order valence-electron chi connectivity index (χ0n) is 19.3. The van der Waals surface area contributed by atoms with E-state index in [2.05, 4.69) is 4.90 Å². The molecule has 1 fully saturated rings. The first-order valence-corrected chi connectivity index (χ1v) is 13.2. The quantitative estimate of drug-likeness (QED) is 0.561. The van der Waals surface area contributed by atoms with Crippen molar-refractivity contribution in [1.29, 1.82) is 0 Å². The van der Waals surface area contributed by atoms with Gasteiger partial charge in [0.15, 0.2) is 0 Å². The number of hydrogen-bond acceptors (Lipinski definition) is 5. The highest BCUT2D eigenvalue weighted by Crippen LogP contribution is 2.47. The fraction of sp³-hybridized carbons (Fsp3) is 0.296. The van der Waals surface area contributed by atoms with Gasteiger partial charge in [0.1, 0.15) is 17.3 Å². The van der Waals surface area contributed by atoms with Gasteiger partial charge in [-0.05, 0) is 53.8 Å². The van der Waals surface area contributed by atoms with Crippen LogP contribution in [-0.4, -0.2) is 43.4 Å². The van der Waals surface area contributed by atoms with Gasteiger partial charge >= 0.3 is 5.97 Å². The molecule has 0 spiro atoms. The van der Waals surface area contributed by atoms with Gasteiger partial charge in [-0.2, -0.15) is 4.31 Å². The van der Waals surface area contributed by atoms with Crippen LogP contribution < -0.4 is 9.64 Å². The zero-order valence-corrected chi connectivity index (χ0v) is 20.2. The number of aromatic carboxylic acids is 1. The molecule has 0 saturated heterocycles. The number of para-hydroxylation sites is 1. The standard InChI is InChI=1S/C27H26N2O5S/c1-28-21(11-17-7-8-17)15-29(20-5-3-2-4-6-20)24-14-25-23(13-26(24)35(28,32)33)22-12-18(27(30)31)9-10-19(22)16-34-25/h2-6,9-10,12-14,17,21H,7-8,11,15-16H2,1H3,(H,30,31)/t21-/m1/s1. The number of likely N-dealkylation sites (N-methyl/N-ethyl adjacent to an activating group) is 1. The predicted molar refractivity (Wildman–Crippen MR) is 133 cm³/mol. The summed E-state index contributed by atoms with van der Waals surface area (Å²) in [6.45, 7) is 0.838. The van der Waals surface area contributed by atoms with E-state index < -0.39 is 16.0 Å². The average molecular weight is 491 g/mol. The van der Waals surface area contributed by atoms with Crippen LogP contribution in [-0.2, 0) is 16.6 Å². The molecule has 1 aliphatic carbocycles. The lowest BCUT2D eigenvalue weighted by Crippen LogP contribution is -2.41. The Balaban J connectivity index is 1.57. The average Bonchev–Trinajstić information content (AvgIpc) is 3.69. The third kappa shape index (κ3) is 3.77. The smallest absolute Gasteiger partial charge is 0.335 e. The molecule has 3 aromatic rings. The molecule has 180 valence electrons. The molecule has 35 heavy (non-hydrogen) atoms. The third-order valence-corrected chi connectivity index (χ3v) is 9.26. The predicted octanol–water partition coefficient (Wildman–Crippen LogP) is 4.89. The van der Waals surface area contributed by atoms with Crippen molar-refractivity contribution in [3.05, 3.63) is 71.8 Å². The van der Waals surface area contributed by atoms with Crippen molar-refractivity contribution in [2.24, 2.45) is 5.92 Å². The molecule has 3 aromatic carbocycles. The summed E-state index contributed by atoms with van der Waals surface area (Å²) >= 11 is 0. The van der Waals surface area contributed by atoms with E-state index in [0.717, 1.165) is 30.5 Å². The molecular weight excluding hydrogens is 464 g/mol. The van der Waals surface area contributed by atoms with Crippen LogP contribution in [0.25, 0.3) is 11.1 Å². The molecule has 0 aromatic heterocycles. The molecule has 0 bridgehead atoms. The molecule has 1 saturated carbocycles. The van der Waals surface area contributed by atoms with Crippen LogP contribution in [0, 0.1) is 5.92 Å². The summed E-state index contributed by atoms with van der Waals surface area (Å²) in [4.78, 5) is 13.9. The maximum Gasteiger partial charge on any atom is 0.335 e. The maximum atomic E-state index is 14.0. The van der Waals surface area contributed by atoms with E-state index in [-0.39, 0.29) is 16.5 Å². The minimum Gasteiger partial charge on any atom is -0.488 e. The topological polar surface area (TPSA) is 87.2 Å². The number of nitrogens with zero attached hydrogens (tertiary/aromatic N) is 2. The van der Waals surface area contributed by atoms with Crippen LogP contribution in [0.3, 0.4) is 0 Å². The minimum absolute atomic E-state index is 0.155. The van der Waals surface area contributed by atoms with Gasteiger partial charge in [0.2, 0.25) is 10.0 Å². The molecule has 1 N–H and O–H groups in total. The number of anilines is 2. The summed E-state index contributed by atoms with van der Waals surface area (Å²) in [6.07, 6.45) is 3.12. The Labute approximate surface area is 204 Å². The maximum absolute atomic E-state index is 14.0. The molecule has 8 heteroatoms. The number of sulfonamides is 1. The first-order chi connectivity index (χ1) is 16.8. The van der Waals surface area contributed by atoms with Crippen LogP contribution in [0.2, 0.25) is 0 Å². The first-order valence-electron chi connectivity index (χ1n) is 11.8. The van der Waals surface area contributed by atoms with Crippen molar-refractivity contribution in [2.75, 3.05) is 18.5 Å². The monoisotopic (exact) mass is 490 g/mol. The number of rotatable bonds is 4. The van der Waals surface area contributed by atoms with Gasteiger partial charge in [0.25, 0.3) is 0 Å². The van der Waals surface area contributed by atoms with E-state index in [1.807, 2.05) is 30.3 Å². The Kier molecular flexibility index (Phi) is 5.12. The highest BCUT2D eigenvalue weighted by Gasteiger charge is 2.40. The zero-order chi connectivity index (χ0) is 24.3. The van der Waals surface area contributed by atoms with E-state index in [0.29, 0.717) is 41.6 Å². The van der Waals surface area contributed by atoms with Gasteiger partial charge in [0.05, 0.1) is 11.3 Å². The third-order valence-electron chi connectivity index (χ3n) is 7.32. The summed E-state index contributed by atoms with van der Waals surface area (Å²) in [5.41, 5.74) is 3.77. The normalized spacial score (nSPS) is 20.7. The molecule has 2 aliphatic heterocycles. The number of carboxylic acids is 1. The van der Waals surface area contributed by atoms with Crippen molar-refractivity contribution in [3.63, 3.8) is 0 Å². The van der Waals surface area contributed by atoms with Crippen LogP contribution in [0.5, 0.6) is 5.75 Å². The van der Waals surface area contributed by atoms with Crippen LogP contribution in [0.15, 0.2) is 65.6 Å². The number of benzene rings is 3. The Morgan fingerprint density at radius 1 is 1.06 bits per heavy atom. The lowest BCUT2D eigenvalue weighted by atomic mass is 9.94. The molecule has 6 rings (SSSR count).